The Morgan fingerprint density at radius 2 is 1.79 bits per heavy atom. The number of benzene rings is 2. The molecule has 7 nitrogen and oxygen atoms in total. The van der Waals surface area contributed by atoms with Crippen molar-refractivity contribution in [2.45, 2.75) is 32.2 Å². The van der Waals surface area contributed by atoms with Crippen LogP contribution in [0.15, 0.2) is 70.9 Å². The summed E-state index contributed by atoms with van der Waals surface area (Å²) in [6, 6.07) is 14.0. The van der Waals surface area contributed by atoms with Crippen LogP contribution in [0, 0.1) is 20.8 Å². The van der Waals surface area contributed by atoms with Gasteiger partial charge in [-0.3, -0.25) is 9.78 Å². The third-order valence-corrected chi connectivity index (χ3v) is 7.23. The molecule has 0 aliphatic rings. The number of carbonyl (C=O) groups excluding carboxylic acids is 1. The second-order valence-corrected chi connectivity index (χ2v) is 10.0. The molecule has 9 heteroatoms. The first-order valence-electron chi connectivity index (χ1n) is 10.2. The van der Waals surface area contributed by atoms with E-state index < -0.39 is 22.5 Å². The fourth-order valence-corrected chi connectivity index (χ4v) is 5.47. The van der Waals surface area contributed by atoms with Gasteiger partial charge in [-0.25, -0.2) is 13.8 Å². The van der Waals surface area contributed by atoms with Crippen LogP contribution in [0.3, 0.4) is 0 Å². The number of halogens is 1. The molecule has 0 saturated carbocycles. The van der Waals surface area contributed by atoms with Crippen molar-refractivity contribution < 1.29 is 13.2 Å². The largest absolute Gasteiger partial charge is 0.272 e. The summed E-state index contributed by atoms with van der Waals surface area (Å²) in [7, 11) is -3.98. The zero-order chi connectivity index (χ0) is 24.0. The van der Waals surface area contributed by atoms with Crippen molar-refractivity contribution in [1.29, 1.82) is 0 Å². The van der Waals surface area contributed by atoms with Crippen LogP contribution in [0.2, 0.25) is 5.02 Å². The molecule has 2 aromatic carbocycles. The number of carbonyl (C=O) groups is 1. The fourth-order valence-electron chi connectivity index (χ4n) is 3.55. The number of nitrogens with zero attached hydrogens (tertiary/aromatic N) is 3. The van der Waals surface area contributed by atoms with Gasteiger partial charge < -0.3 is 0 Å². The van der Waals surface area contributed by atoms with Crippen LogP contribution in [0.4, 0.5) is 0 Å². The van der Waals surface area contributed by atoms with E-state index in [0.29, 0.717) is 27.3 Å². The molecular formula is C24H25ClN4O3S. The average Bonchev–Trinajstić information content (AvgIpc) is 2.74. The molecule has 3 aromatic rings. The second kappa shape index (κ2) is 10.7. The SMILES string of the molecule is Cc1cc(C)c(S(=O)(=O)N(CC(=O)N/N=C/c2cccnc2)Cc2ccc(Cl)cc2)c(C)c1. The van der Waals surface area contributed by atoms with E-state index in [4.69, 9.17) is 11.6 Å². The lowest BCUT2D eigenvalue weighted by Crippen LogP contribution is -2.39. The van der Waals surface area contributed by atoms with Gasteiger partial charge in [0.15, 0.2) is 0 Å². The first-order chi connectivity index (χ1) is 15.7. The number of nitrogens with one attached hydrogen (secondary N) is 1. The molecule has 1 aromatic heterocycles. The molecule has 1 heterocycles. The van der Waals surface area contributed by atoms with E-state index in [0.717, 1.165) is 9.87 Å². The van der Waals surface area contributed by atoms with Crippen LogP contribution in [0.5, 0.6) is 0 Å². The summed E-state index contributed by atoms with van der Waals surface area (Å²) < 4.78 is 28.5. The minimum Gasteiger partial charge on any atom is -0.272 e. The number of rotatable bonds is 8. The number of aromatic nitrogens is 1. The van der Waals surface area contributed by atoms with E-state index in [-0.39, 0.29) is 11.4 Å². The Balaban J connectivity index is 1.88. The monoisotopic (exact) mass is 484 g/mol. The van der Waals surface area contributed by atoms with E-state index >= 15 is 0 Å². The van der Waals surface area contributed by atoms with Crippen molar-refractivity contribution in [3.05, 3.63) is 93.8 Å². The maximum absolute atomic E-state index is 13.7. The Morgan fingerprint density at radius 3 is 2.39 bits per heavy atom. The smallest absolute Gasteiger partial charge is 0.255 e. The average molecular weight is 485 g/mol. The minimum atomic E-state index is -3.98. The van der Waals surface area contributed by atoms with Crippen LogP contribution >= 0.6 is 11.6 Å². The quantitative estimate of drug-likeness (QED) is 0.386. The molecule has 33 heavy (non-hydrogen) atoms. The summed E-state index contributed by atoms with van der Waals surface area (Å²) in [6.45, 7) is 5.03. The molecule has 1 amide bonds. The molecule has 0 fully saturated rings. The molecule has 3 rings (SSSR count). The third kappa shape index (κ3) is 6.47. The zero-order valence-electron chi connectivity index (χ0n) is 18.6. The van der Waals surface area contributed by atoms with Gasteiger partial charge in [0, 0.05) is 29.5 Å². The van der Waals surface area contributed by atoms with Gasteiger partial charge in [-0.2, -0.15) is 9.41 Å². The molecular weight excluding hydrogens is 460 g/mol. The van der Waals surface area contributed by atoms with Crippen LogP contribution in [0.25, 0.3) is 0 Å². The van der Waals surface area contributed by atoms with Gasteiger partial charge >= 0.3 is 0 Å². The Hall–Kier alpha value is -3.07. The highest BCUT2D eigenvalue weighted by atomic mass is 35.5. The van der Waals surface area contributed by atoms with Gasteiger partial charge in [0.2, 0.25) is 10.0 Å². The summed E-state index contributed by atoms with van der Waals surface area (Å²) in [5, 5.41) is 4.45. The van der Waals surface area contributed by atoms with Gasteiger partial charge in [-0.15, -0.1) is 0 Å². The molecule has 0 atom stereocenters. The lowest BCUT2D eigenvalue weighted by atomic mass is 10.1. The Morgan fingerprint density at radius 1 is 1.12 bits per heavy atom. The van der Waals surface area contributed by atoms with E-state index in [9.17, 15) is 13.2 Å². The molecule has 0 unspecified atom stereocenters. The number of aryl methyl sites for hydroxylation is 3. The van der Waals surface area contributed by atoms with Crippen molar-refractivity contribution in [2.75, 3.05) is 6.54 Å². The maximum Gasteiger partial charge on any atom is 0.255 e. The maximum atomic E-state index is 13.7. The standard InChI is InChI=1S/C24H25ClN4O3S/c1-17-11-18(2)24(19(3)12-17)33(31,32)29(15-20-6-8-22(25)9-7-20)16-23(30)28-27-14-21-5-4-10-26-13-21/h4-14H,15-16H2,1-3H3,(H,28,30)/b27-14+. The van der Waals surface area contributed by atoms with Crippen molar-refractivity contribution in [3.63, 3.8) is 0 Å². The summed E-state index contributed by atoms with van der Waals surface area (Å²) in [5.41, 5.74) is 6.03. The number of hydrogen-bond acceptors (Lipinski definition) is 5. The molecule has 0 saturated heterocycles. The van der Waals surface area contributed by atoms with Crippen LogP contribution in [-0.2, 0) is 21.4 Å². The van der Waals surface area contributed by atoms with Crippen molar-refractivity contribution in [3.8, 4) is 0 Å². The third-order valence-electron chi connectivity index (χ3n) is 4.88. The number of hydrazone groups is 1. The van der Waals surface area contributed by atoms with Gasteiger partial charge in [-0.1, -0.05) is 47.5 Å². The summed E-state index contributed by atoms with van der Waals surface area (Å²) in [4.78, 5) is 16.8. The van der Waals surface area contributed by atoms with Gasteiger partial charge in [0.1, 0.15) is 0 Å². The Labute approximate surface area is 199 Å². The highest BCUT2D eigenvalue weighted by Gasteiger charge is 2.30. The Kier molecular flexibility index (Phi) is 7.97. The Bertz CT molecular complexity index is 1240. The van der Waals surface area contributed by atoms with Crippen LogP contribution in [0.1, 0.15) is 27.8 Å². The van der Waals surface area contributed by atoms with E-state index in [1.165, 1.54) is 6.21 Å². The number of pyridine rings is 1. The second-order valence-electron chi connectivity index (χ2n) is 7.71. The van der Waals surface area contributed by atoms with E-state index in [1.807, 2.05) is 19.1 Å². The fraction of sp³-hybridized carbons (Fsp3) is 0.208. The molecule has 1 N–H and O–H groups in total. The van der Waals surface area contributed by atoms with E-state index in [2.05, 4.69) is 15.5 Å². The first kappa shape index (κ1) is 24.6. The molecule has 172 valence electrons. The highest BCUT2D eigenvalue weighted by Crippen LogP contribution is 2.26. The molecule has 0 aliphatic heterocycles. The molecule has 0 aliphatic carbocycles. The number of amides is 1. The topological polar surface area (TPSA) is 91.7 Å². The summed E-state index contributed by atoms with van der Waals surface area (Å²) >= 11 is 5.97. The highest BCUT2D eigenvalue weighted by molar-refractivity contribution is 7.89. The number of hydrogen-bond donors (Lipinski definition) is 1. The number of sulfonamides is 1. The van der Waals surface area contributed by atoms with Crippen LogP contribution < -0.4 is 5.43 Å². The van der Waals surface area contributed by atoms with E-state index in [1.54, 1.807) is 62.6 Å². The van der Waals surface area contributed by atoms with Crippen molar-refractivity contribution in [1.82, 2.24) is 14.7 Å². The van der Waals surface area contributed by atoms with Crippen LogP contribution in [-0.4, -0.2) is 36.4 Å². The molecule has 0 bridgehead atoms. The predicted octanol–water partition coefficient (Wildman–Crippen LogP) is 4.00. The zero-order valence-corrected chi connectivity index (χ0v) is 20.2. The minimum absolute atomic E-state index is 0.00595. The summed E-state index contributed by atoms with van der Waals surface area (Å²) in [5.74, 6) is -0.560. The lowest BCUT2D eigenvalue weighted by Gasteiger charge is -2.24. The van der Waals surface area contributed by atoms with Gasteiger partial charge in [-0.05, 0) is 55.7 Å². The molecule has 0 radical (unpaired) electrons. The van der Waals surface area contributed by atoms with Crippen molar-refractivity contribution >= 4 is 33.7 Å². The lowest BCUT2D eigenvalue weighted by molar-refractivity contribution is -0.121. The first-order valence-corrected chi connectivity index (χ1v) is 12.0. The summed E-state index contributed by atoms with van der Waals surface area (Å²) in [6.07, 6.45) is 4.66. The molecule has 0 spiro atoms. The van der Waals surface area contributed by atoms with Crippen molar-refractivity contribution in [2.24, 2.45) is 5.10 Å². The van der Waals surface area contributed by atoms with Gasteiger partial charge in [0.25, 0.3) is 5.91 Å². The predicted molar refractivity (Wildman–Crippen MR) is 130 cm³/mol. The normalized spacial score (nSPS) is 11.8. The van der Waals surface area contributed by atoms with Gasteiger partial charge in [0.05, 0.1) is 17.7 Å².